The molecule has 0 aliphatic carbocycles. The van der Waals surface area contributed by atoms with Gasteiger partial charge in [-0.15, -0.1) is 0 Å². The van der Waals surface area contributed by atoms with Crippen LogP contribution in [0, 0.1) is 0 Å². The Morgan fingerprint density at radius 2 is 1.90 bits per heavy atom. The standard InChI is InChI=1S/C22H20N2O5/c1-27-18-10-6-15(7-11-18)20-13-19(29-23-20)14-28-22(26)16-4-8-17(9-5-16)24-12-2-3-21(24)25/h4-11,13H,2-3,12,14H2,1H3. The minimum Gasteiger partial charge on any atom is -0.497 e. The van der Waals surface area contributed by atoms with E-state index in [1.807, 2.05) is 24.3 Å². The van der Waals surface area contributed by atoms with Crippen LogP contribution in [0.1, 0.15) is 29.0 Å². The maximum absolute atomic E-state index is 12.3. The first kappa shape index (κ1) is 18.7. The normalized spacial score (nSPS) is 13.6. The number of rotatable bonds is 6. The Morgan fingerprint density at radius 1 is 1.14 bits per heavy atom. The monoisotopic (exact) mass is 392 g/mol. The average Bonchev–Trinajstić information content (AvgIpc) is 3.41. The van der Waals surface area contributed by atoms with Gasteiger partial charge in [0.15, 0.2) is 12.4 Å². The van der Waals surface area contributed by atoms with Gasteiger partial charge in [-0.25, -0.2) is 4.79 Å². The van der Waals surface area contributed by atoms with Crippen LogP contribution in [0.4, 0.5) is 5.69 Å². The van der Waals surface area contributed by atoms with E-state index in [4.69, 9.17) is 14.0 Å². The Morgan fingerprint density at radius 3 is 2.55 bits per heavy atom. The summed E-state index contributed by atoms with van der Waals surface area (Å²) in [6, 6.07) is 16.0. The summed E-state index contributed by atoms with van der Waals surface area (Å²) in [5, 5.41) is 4.01. The molecule has 1 aliphatic rings. The summed E-state index contributed by atoms with van der Waals surface area (Å²) >= 11 is 0. The highest BCUT2D eigenvalue weighted by molar-refractivity contribution is 5.96. The lowest BCUT2D eigenvalue weighted by atomic mass is 10.1. The molecule has 0 saturated carbocycles. The Labute approximate surface area is 167 Å². The molecule has 2 heterocycles. The Hall–Kier alpha value is -3.61. The van der Waals surface area contributed by atoms with E-state index in [9.17, 15) is 9.59 Å². The molecule has 2 aromatic carbocycles. The lowest BCUT2D eigenvalue weighted by molar-refractivity contribution is -0.117. The zero-order chi connectivity index (χ0) is 20.2. The largest absolute Gasteiger partial charge is 0.497 e. The molecule has 7 nitrogen and oxygen atoms in total. The summed E-state index contributed by atoms with van der Waals surface area (Å²) in [4.78, 5) is 25.8. The van der Waals surface area contributed by atoms with Gasteiger partial charge in [0.05, 0.1) is 12.7 Å². The van der Waals surface area contributed by atoms with Gasteiger partial charge in [-0.3, -0.25) is 4.79 Å². The summed E-state index contributed by atoms with van der Waals surface area (Å²) in [6.07, 6.45) is 1.43. The first-order chi connectivity index (χ1) is 14.1. The second kappa shape index (κ2) is 8.18. The van der Waals surface area contributed by atoms with Crippen LogP contribution in [0.3, 0.4) is 0 Å². The van der Waals surface area contributed by atoms with Crippen molar-refractivity contribution in [3.8, 4) is 17.0 Å². The van der Waals surface area contributed by atoms with Crippen molar-refractivity contribution >= 4 is 17.6 Å². The van der Waals surface area contributed by atoms with E-state index < -0.39 is 5.97 Å². The molecule has 0 spiro atoms. The highest BCUT2D eigenvalue weighted by Gasteiger charge is 2.21. The van der Waals surface area contributed by atoms with Gasteiger partial charge in [-0.1, -0.05) is 5.16 Å². The van der Waals surface area contributed by atoms with Crippen LogP contribution in [0.15, 0.2) is 59.1 Å². The van der Waals surface area contributed by atoms with E-state index in [-0.39, 0.29) is 12.5 Å². The maximum atomic E-state index is 12.3. The van der Waals surface area contributed by atoms with Crippen LogP contribution < -0.4 is 9.64 Å². The van der Waals surface area contributed by atoms with Crippen molar-refractivity contribution in [1.29, 1.82) is 0 Å². The molecule has 0 atom stereocenters. The number of carbonyl (C=O) groups is 2. The number of carbonyl (C=O) groups excluding carboxylic acids is 2. The lowest BCUT2D eigenvalue weighted by Gasteiger charge is -2.15. The van der Waals surface area contributed by atoms with E-state index in [0.29, 0.717) is 30.0 Å². The number of aromatic nitrogens is 1. The quantitative estimate of drug-likeness (QED) is 0.593. The third kappa shape index (κ3) is 4.13. The number of methoxy groups -OCH3 is 1. The van der Waals surface area contributed by atoms with Crippen LogP contribution in [-0.4, -0.2) is 30.7 Å². The van der Waals surface area contributed by atoms with Crippen molar-refractivity contribution in [2.75, 3.05) is 18.6 Å². The molecule has 29 heavy (non-hydrogen) atoms. The van der Waals surface area contributed by atoms with Crippen molar-refractivity contribution in [3.63, 3.8) is 0 Å². The Bertz CT molecular complexity index is 1010. The number of anilines is 1. The summed E-state index contributed by atoms with van der Waals surface area (Å²) in [7, 11) is 1.61. The van der Waals surface area contributed by atoms with Crippen LogP contribution >= 0.6 is 0 Å². The van der Waals surface area contributed by atoms with E-state index >= 15 is 0 Å². The van der Waals surface area contributed by atoms with E-state index in [1.165, 1.54) is 0 Å². The molecule has 4 rings (SSSR count). The van der Waals surface area contributed by atoms with E-state index in [2.05, 4.69) is 5.16 Å². The number of amides is 1. The fourth-order valence-electron chi connectivity index (χ4n) is 3.20. The number of ether oxygens (including phenoxy) is 2. The number of nitrogens with zero attached hydrogens (tertiary/aromatic N) is 2. The molecular formula is C22H20N2O5. The van der Waals surface area contributed by atoms with Gasteiger partial charge in [0.2, 0.25) is 5.91 Å². The van der Waals surface area contributed by atoms with Gasteiger partial charge < -0.3 is 18.9 Å². The smallest absolute Gasteiger partial charge is 0.338 e. The van der Waals surface area contributed by atoms with Crippen molar-refractivity contribution in [1.82, 2.24) is 5.16 Å². The fourth-order valence-corrected chi connectivity index (χ4v) is 3.20. The fraction of sp³-hybridized carbons (Fsp3) is 0.227. The first-order valence-electron chi connectivity index (χ1n) is 9.31. The summed E-state index contributed by atoms with van der Waals surface area (Å²) in [5.74, 6) is 0.847. The van der Waals surface area contributed by atoms with Gasteiger partial charge in [0.1, 0.15) is 11.4 Å². The molecular weight excluding hydrogens is 372 g/mol. The minimum atomic E-state index is -0.466. The molecule has 1 aliphatic heterocycles. The van der Waals surface area contributed by atoms with Gasteiger partial charge in [-0.2, -0.15) is 0 Å². The van der Waals surface area contributed by atoms with E-state index in [1.54, 1.807) is 42.3 Å². The number of esters is 1. The number of hydrogen-bond donors (Lipinski definition) is 0. The minimum absolute atomic E-state index is 0.0195. The summed E-state index contributed by atoms with van der Waals surface area (Å²) < 4.78 is 15.7. The SMILES string of the molecule is COc1ccc(-c2cc(COC(=O)c3ccc(N4CCCC4=O)cc3)on2)cc1. The Balaban J connectivity index is 1.36. The van der Waals surface area contributed by atoms with Crippen LogP contribution in [-0.2, 0) is 16.1 Å². The lowest BCUT2D eigenvalue weighted by Crippen LogP contribution is -2.23. The topological polar surface area (TPSA) is 81.9 Å². The highest BCUT2D eigenvalue weighted by atomic mass is 16.5. The van der Waals surface area contributed by atoms with Crippen LogP contribution in [0.25, 0.3) is 11.3 Å². The van der Waals surface area contributed by atoms with Crippen molar-refractivity contribution < 1.29 is 23.6 Å². The predicted molar refractivity (Wildman–Crippen MR) is 106 cm³/mol. The third-order valence-corrected chi connectivity index (χ3v) is 4.78. The summed E-state index contributed by atoms with van der Waals surface area (Å²) in [6.45, 7) is 0.693. The first-order valence-corrected chi connectivity index (χ1v) is 9.31. The second-order valence-corrected chi connectivity index (χ2v) is 6.68. The maximum Gasteiger partial charge on any atom is 0.338 e. The average molecular weight is 392 g/mol. The molecule has 7 heteroatoms. The van der Waals surface area contributed by atoms with Crippen LogP contribution in [0.5, 0.6) is 5.75 Å². The molecule has 3 aromatic rings. The Kier molecular flexibility index (Phi) is 5.29. The number of benzene rings is 2. The molecule has 0 unspecified atom stereocenters. The molecule has 1 aromatic heterocycles. The van der Waals surface area contributed by atoms with Gasteiger partial charge in [0.25, 0.3) is 0 Å². The number of hydrogen-bond acceptors (Lipinski definition) is 6. The van der Waals surface area contributed by atoms with Crippen molar-refractivity contribution in [2.45, 2.75) is 19.4 Å². The zero-order valence-corrected chi connectivity index (χ0v) is 16.0. The molecule has 0 N–H and O–H groups in total. The molecule has 1 amide bonds. The predicted octanol–water partition coefficient (Wildman–Crippen LogP) is 3.83. The van der Waals surface area contributed by atoms with Gasteiger partial charge in [-0.05, 0) is 55.0 Å². The third-order valence-electron chi connectivity index (χ3n) is 4.78. The highest BCUT2D eigenvalue weighted by Crippen LogP contribution is 2.24. The van der Waals surface area contributed by atoms with Crippen molar-refractivity contribution in [2.24, 2.45) is 0 Å². The molecule has 148 valence electrons. The molecule has 0 bridgehead atoms. The summed E-state index contributed by atoms with van der Waals surface area (Å²) in [5.41, 5.74) is 2.73. The van der Waals surface area contributed by atoms with Gasteiger partial charge in [0, 0.05) is 30.3 Å². The van der Waals surface area contributed by atoms with Crippen molar-refractivity contribution in [3.05, 3.63) is 65.9 Å². The molecule has 1 fully saturated rings. The van der Waals surface area contributed by atoms with Crippen LogP contribution in [0.2, 0.25) is 0 Å². The van der Waals surface area contributed by atoms with E-state index in [0.717, 1.165) is 23.4 Å². The molecule has 1 saturated heterocycles. The molecule has 0 radical (unpaired) electrons. The zero-order valence-electron chi connectivity index (χ0n) is 16.0. The second-order valence-electron chi connectivity index (χ2n) is 6.68. The van der Waals surface area contributed by atoms with Gasteiger partial charge >= 0.3 is 5.97 Å².